The third-order valence-corrected chi connectivity index (χ3v) is 5.58. The van der Waals surface area contributed by atoms with Crippen LogP contribution in [0, 0.1) is 11.8 Å². The Labute approximate surface area is 122 Å². The van der Waals surface area contributed by atoms with Crippen molar-refractivity contribution in [3.05, 3.63) is 30.0 Å². The summed E-state index contributed by atoms with van der Waals surface area (Å²) in [7, 11) is 0. The fraction of sp³-hybridized carbons (Fsp3) is 0.500. The molecule has 2 aromatic rings. The third kappa shape index (κ3) is 1.55. The number of para-hydroxylation sites is 1. The summed E-state index contributed by atoms with van der Waals surface area (Å²) < 4.78 is 0. The Kier molecular flexibility index (Phi) is 2.28. The maximum absolute atomic E-state index is 13.0. The number of hydrogen-bond acceptors (Lipinski definition) is 3. The molecule has 1 aromatic carbocycles. The Bertz CT molecular complexity index is 724. The topological polar surface area (TPSA) is 52.2 Å². The highest BCUT2D eigenvalue weighted by atomic mass is 16.2. The predicted octanol–water partition coefficient (Wildman–Crippen LogP) is 1.34. The standard InChI is InChI=1S/C16H18N4O/c21-16(15-12-3-1-2-4-13(12)17-18-15)20-8-10-7-19-6-5-11(10)14(20)9-19/h1-4,10-11,14H,5-9H2,(H,17,18)/t10-,11?,14?/m1/s1. The van der Waals surface area contributed by atoms with Crippen LogP contribution in [0.2, 0.25) is 0 Å². The second-order valence-corrected chi connectivity index (χ2v) is 6.61. The summed E-state index contributed by atoms with van der Waals surface area (Å²) in [5.74, 6) is 1.49. The zero-order valence-corrected chi connectivity index (χ0v) is 11.8. The van der Waals surface area contributed by atoms with Gasteiger partial charge in [-0.05, 0) is 30.9 Å². The minimum Gasteiger partial charge on any atom is -0.332 e. The second kappa shape index (κ2) is 4.07. The van der Waals surface area contributed by atoms with Gasteiger partial charge in [0.25, 0.3) is 5.91 Å². The van der Waals surface area contributed by atoms with E-state index in [2.05, 4.69) is 20.0 Å². The van der Waals surface area contributed by atoms with E-state index >= 15 is 0 Å². The third-order valence-electron chi connectivity index (χ3n) is 5.58. The van der Waals surface area contributed by atoms with Gasteiger partial charge >= 0.3 is 0 Å². The smallest absolute Gasteiger partial charge is 0.275 e. The molecule has 0 spiro atoms. The Morgan fingerprint density at radius 2 is 2.14 bits per heavy atom. The Hall–Kier alpha value is -1.88. The molecule has 6 rings (SSSR count). The summed E-state index contributed by atoms with van der Waals surface area (Å²) in [5.41, 5.74) is 1.53. The lowest BCUT2D eigenvalue weighted by molar-refractivity contribution is 0.0420. The van der Waals surface area contributed by atoms with Crippen LogP contribution in [-0.2, 0) is 0 Å². The van der Waals surface area contributed by atoms with Crippen molar-refractivity contribution in [2.45, 2.75) is 12.5 Å². The monoisotopic (exact) mass is 282 g/mol. The fourth-order valence-corrected chi connectivity index (χ4v) is 4.60. The lowest BCUT2D eigenvalue weighted by Crippen LogP contribution is -2.54. The van der Waals surface area contributed by atoms with Crippen LogP contribution >= 0.6 is 0 Å². The molecule has 5 heteroatoms. The molecule has 0 aliphatic carbocycles. The van der Waals surface area contributed by atoms with E-state index < -0.39 is 0 Å². The van der Waals surface area contributed by atoms with Gasteiger partial charge in [-0.15, -0.1) is 0 Å². The van der Waals surface area contributed by atoms with Gasteiger partial charge in [-0.25, -0.2) is 0 Å². The largest absolute Gasteiger partial charge is 0.332 e. The van der Waals surface area contributed by atoms with Crippen molar-refractivity contribution in [1.82, 2.24) is 20.0 Å². The molecule has 3 unspecified atom stereocenters. The van der Waals surface area contributed by atoms with Gasteiger partial charge in [-0.2, -0.15) is 5.10 Å². The molecule has 4 aliphatic rings. The molecule has 4 saturated heterocycles. The van der Waals surface area contributed by atoms with E-state index in [-0.39, 0.29) is 5.91 Å². The number of aromatic amines is 1. The molecule has 0 saturated carbocycles. The molecule has 21 heavy (non-hydrogen) atoms. The number of likely N-dealkylation sites (tertiary alicyclic amines) is 1. The number of rotatable bonds is 1. The first-order valence-corrected chi connectivity index (χ1v) is 7.78. The number of benzene rings is 1. The Balaban J connectivity index is 1.52. The molecule has 5 heterocycles. The molecule has 108 valence electrons. The van der Waals surface area contributed by atoms with Crippen LogP contribution in [0.25, 0.3) is 10.9 Å². The number of H-pyrrole nitrogens is 1. The molecule has 5 nitrogen and oxygen atoms in total. The summed E-state index contributed by atoms with van der Waals surface area (Å²) in [4.78, 5) is 17.6. The van der Waals surface area contributed by atoms with E-state index in [1.807, 2.05) is 24.3 Å². The molecule has 4 atom stereocenters. The van der Waals surface area contributed by atoms with Crippen LogP contribution in [0.4, 0.5) is 0 Å². The Morgan fingerprint density at radius 3 is 3.00 bits per heavy atom. The van der Waals surface area contributed by atoms with Crippen molar-refractivity contribution >= 4 is 16.8 Å². The van der Waals surface area contributed by atoms with E-state index in [4.69, 9.17) is 0 Å². The van der Waals surface area contributed by atoms with Crippen molar-refractivity contribution in [2.24, 2.45) is 11.8 Å². The van der Waals surface area contributed by atoms with Crippen LogP contribution in [0.5, 0.6) is 0 Å². The van der Waals surface area contributed by atoms with Gasteiger partial charge in [-0.1, -0.05) is 18.2 Å². The van der Waals surface area contributed by atoms with E-state index in [1.54, 1.807) is 0 Å². The van der Waals surface area contributed by atoms with Crippen molar-refractivity contribution in [2.75, 3.05) is 26.2 Å². The van der Waals surface area contributed by atoms with Crippen LogP contribution < -0.4 is 0 Å². The molecule has 1 amide bonds. The number of piperidine rings is 3. The highest BCUT2D eigenvalue weighted by Gasteiger charge is 2.51. The molecule has 4 fully saturated rings. The first kappa shape index (κ1) is 11.7. The lowest BCUT2D eigenvalue weighted by atomic mass is 9.80. The number of carbonyl (C=O) groups is 1. The number of fused-ring (bicyclic) bond motifs is 2. The highest BCUT2D eigenvalue weighted by molar-refractivity contribution is 6.04. The second-order valence-electron chi connectivity index (χ2n) is 6.61. The van der Waals surface area contributed by atoms with Crippen molar-refractivity contribution < 1.29 is 4.79 Å². The molecular weight excluding hydrogens is 264 g/mol. The maximum Gasteiger partial charge on any atom is 0.275 e. The average molecular weight is 282 g/mol. The molecular formula is C16H18N4O. The van der Waals surface area contributed by atoms with Crippen LogP contribution in [0.1, 0.15) is 16.9 Å². The summed E-state index contributed by atoms with van der Waals surface area (Å²) in [6.45, 7) is 4.35. The zero-order chi connectivity index (χ0) is 14.0. The maximum atomic E-state index is 13.0. The first-order chi connectivity index (χ1) is 10.3. The minimum absolute atomic E-state index is 0.105. The van der Waals surface area contributed by atoms with Crippen molar-refractivity contribution in [3.8, 4) is 0 Å². The number of aromatic nitrogens is 2. The van der Waals surface area contributed by atoms with Crippen LogP contribution in [0.15, 0.2) is 24.3 Å². The number of nitrogens with one attached hydrogen (secondary N) is 1. The van der Waals surface area contributed by atoms with Crippen LogP contribution in [-0.4, -0.2) is 58.1 Å². The molecule has 1 aromatic heterocycles. The highest BCUT2D eigenvalue weighted by Crippen LogP contribution is 2.42. The van der Waals surface area contributed by atoms with Gasteiger partial charge in [0.2, 0.25) is 0 Å². The molecule has 0 radical (unpaired) electrons. The van der Waals surface area contributed by atoms with Crippen molar-refractivity contribution in [1.29, 1.82) is 0 Å². The molecule has 4 aliphatic heterocycles. The normalized spacial score (nSPS) is 33.8. The summed E-state index contributed by atoms with van der Waals surface area (Å²) >= 11 is 0. The van der Waals surface area contributed by atoms with Crippen LogP contribution in [0.3, 0.4) is 0 Å². The number of nitrogens with zero attached hydrogens (tertiary/aromatic N) is 3. The van der Waals surface area contributed by atoms with Gasteiger partial charge < -0.3 is 9.80 Å². The Morgan fingerprint density at radius 1 is 1.24 bits per heavy atom. The summed E-state index contributed by atoms with van der Waals surface area (Å²) in [5, 5.41) is 8.20. The van der Waals surface area contributed by atoms with Crippen molar-refractivity contribution in [3.63, 3.8) is 0 Å². The van der Waals surface area contributed by atoms with E-state index in [0.717, 1.165) is 24.0 Å². The van der Waals surface area contributed by atoms with Gasteiger partial charge in [0.05, 0.1) is 5.52 Å². The van der Waals surface area contributed by atoms with Gasteiger partial charge in [-0.3, -0.25) is 9.89 Å². The number of hydrogen-bond donors (Lipinski definition) is 1. The summed E-state index contributed by atoms with van der Waals surface area (Å²) in [6.07, 6.45) is 1.25. The fourth-order valence-electron chi connectivity index (χ4n) is 4.60. The van der Waals surface area contributed by atoms with Gasteiger partial charge in [0.1, 0.15) is 0 Å². The first-order valence-electron chi connectivity index (χ1n) is 7.78. The SMILES string of the molecule is O=C(c1n[nH]c2ccccc12)N1C[C@H]2CN3CCC2C1C3. The average Bonchev–Trinajstić information content (AvgIpc) is 3.06. The molecule has 4 bridgehead atoms. The number of amides is 1. The van der Waals surface area contributed by atoms with Gasteiger partial charge in [0.15, 0.2) is 5.69 Å². The zero-order valence-electron chi connectivity index (χ0n) is 11.8. The molecule has 1 N–H and O–H groups in total. The van der Waals surface area contributed by atoms with Gasteiger partial charge in [0, 0.05) is 31.1 Å². The predicted molar refractivity (Wildman–Crippen MR) is 79.0 cm³/mol. The summed E-state index contributed by atoms with van der Waals surface area (Å²) in [6, 6.07) is 8.27. The minimum atomic E-state index is 0.105. The quantitative estimate of drug-likeness (QED) is 0.859. The lowest BCUT2D eigenvalue weighted by Gasteiger charge is -2.44. The van der Waals surface area contributed by atoms with E-state index in [0.29, 0.717) is 23.6 Å². The van der Waals surface area contributed by atoms with E-state index in [9.17, 15) is 4.79 Å². The van der Waals surface area contributed by atoms with E-state index in [1.165, 1.54) is 19.5 Å². The number of carbonyl (C=O) groups excluding carboxylic acids is 1.